The van der Waals surface area contributed by atoms with Gasteiger partial charge in [0.2, 0.25) is 5.28 Å². The van der Waals surface area contributed by atoms with Crippen LogP contribution in [-0.4, -0.2) is 44.7 Å². The molecule has 1 aliphatic rings. The predicted octanol–water partition coefficient (Wildman–Crippen LogP) is 4.10. The summed E-state index contributed by atoms with van der Waals surface area (Å²) in [5.74, 6) is -0.0300. The molecule has 2 aromatic heterocycles. The van der Waals surface area contributed by atoms with E-state index in [1.54, 1.807) is 15.5 Å². The molecule has 154 valence electrons. The number of nitrogens with zero attached hydrogens (tertiary/aromatic N) is 4. The maximum absolute atomic E-state index is 13.0. The van der Waals surface area contributed by atoms with Gasteiger partial charge in [-0.05, 0) is 68.1 Å². The van der Waals surface area contributed by atoms with Crippen molar-refractivity contribution in [3.05, 3.63) is 52.1 Å². The van der Waals surface area contributed by atoms with E-state index in [0.717, 1.165) is 37.0 Å². The van der Waals surface area contributed by atoms with Crippen molar-refractivity contribution < 1.29 is 9.53 Å². The molecule has 1 atom stereocenters. The summed E-state index contributed by atoms with van der Waals surface area (Å²) in [7, 11) is 3.70. The smallest absolute Gasteiger partial charge is 0.253 e. The molecule has 1 amide bonds. The molecule has 0 aliphatic carbocycles. The van der Waals surface area contributed by atoms with Gasteiger partial charge in [-0.2, -0.15) is 0 Å². The highest BCUT2D eigenvalue weighted by Gasteiger charge is 2.21. The first-order valence-corrected chi connectivity index (χ1v) is 10.4. The molecule has 0 saturated carbocycles. The van der Waals surface area contributed by atoms with Crippen LogP contribution in [0.1, 0.15) is 40.2 Å². The lowest BCUT2D eigenvalue weighted by Crippen LogP contribution is -2.26. The van der Waals surface area contributed by atoms with Crippen molar-refractivity contribution in [2.75, 3.05) is 13.7 Å². The van der Waals surface area contributed by atoms with Crippen molar-refractivity contribution >= 4 is 28.5 Å². The quantitative estimate of drug-likeness (QED) is 0.631. The van der Waals surface area contributed by atoms with Gasteiger partial charge in [-0.15, -0.1) is 0 Å². The summed E-state index contributed by atoms with van der Waals surface area (Å²) in [5, 5.41) is 0.414. The number of rotatable bonds is 5. The summed E-state index contributed by atoms with van der Waals surface area (Å²) < 4.78 is 9.91. The number of carbonyl (C=O) groups excluding carboxylic acids is 1. The molecule has 0 unspecified atom stereocenters. The van der Waals surface area contributed by atoms with E-state index in [1.165, 1.54) is 17.0 Å². The summed E-state index contributed by atoms with van der Waals surface area (Å²) in [4.78, 5) is 19.1. The van der Waals surface area contributed by atoms with E-state index in [2.05, 4.69) is 29.5 Å². The van der Waals surface area contributed by atoms with Crippen LogP contribution in [0.15, 0.2) is 24.3 Å². The monoisotopic (exact) mass is 414 g/mol. The Morgan fingerprint density at radius 2 is 2.14 bits per heavy atom. The Hall–Kier alpha value is -2.31. The second-order valence-electron chi connectivity index (χ2n) is 7.95. The molecular formula is C22H27ClN4O2. The van der Waals surface area contributed by atoms with Crippen LogP contribution in [0.4, 0.5) is 0 Å². The van der Waals surface area contributed by atoms with Crippen LogP contribution in [-0.2, 0) is 24.9 Å². The number of imidazole rings is 1. The predicted molar refractivity (Wildman–Crippen MR) is 114 cm³/mol. The van der Waals surface area contributed by atoms with E-state index >= 15 is 0 Å². The fraction of sp³-hybridized carbons (Fsp3) is 0.455. The Morgan fingerprint density at radius 1 is 1.34 bits per heavy atom. The fourth-order valence-electron chi connectivity index (χ4n) is 4.16. The van der Waals surface area contributed by atoms with Crippen LogP contribution in [0.3, 0.4) is 0 Å². The third kappa shape index (κ3) is 3.79. The average molecular weight is 415 g/mol. The Kier molecular flexibility index (Phi) is 5.40. The molecule has 3 heterocycles. The van der Waals surface area contributed by atoms with Crippen molar-refractivity contribution in [1.82, 2.24) is 19.0 Å². The molecule has 0 bridgehead atoms. The molecule has 1 fully saturated rings. The molecule has 6 nitrogen and oxygen atoms in total. The molecule has 29 heavy (non-hydrogen) atoms. The van der Waals surface area contributed by atoms with Crippen LogP contribution in [0, 0.1) is 13.8 Å². The minimum Gasteiger partial charge on any atom is -0.376 e. The molecule has 1 saturated heterocycles. The van der Waals surface area contributed by atoms with Gasteiger partial charge in [0.25, 0.3) is 5.91 Å². The fourth-order valence-corrected chi connectivity index (χ4v) is 4.34. The van der Waals surface area contributed by atoms with Crippen LogP contribution in [0.25, 0.3) is 11.0 Å². The van der Waals surface area contributed by atoms with Crippen LogP contribution >= 0.6 is 11.6 Å². The third-order valence-corrected chi connectivity index (χ3v) is 6.25. The number of hydrogen-bond donors (Lipinski definition) is 0. The minimum absolute atomic E-state index is 0.0300. The van der Waals surface area contributed by atoms with Gasteiger partial charge < -0.3 is 18.8 Å². The highest BCUT2D eigenvalue weighted by Crippen LogP contribution is 2.23. The standard InChI is InChI=1S/C22H27ClN4O2/c1-14-10-17(15(2)27(14)13-18-6-5-9-29-18)12-25(3)21(28)16-7-8-20-19(11-16)24-22(23)26(20)4/h7-8,10-11,18H,5-6,9,12-13H2,1-4H3/t18-/m0/s1. The lowest BCUT2D eigenvalue weighted by atomic mass is 10.1. The normalized spacial score (nSPS) is 16.7. The van der Waals surface area contributed by atoms with Gasteiger partial charge in [-0.1, -0.05) is 0 Å². The summed E-state index contributed by atoms with van der Waals surface area (Å²) in [6.45, 7) is 6.54. The minimum atomic E-state index is -0.0300. The van der Waals surface area contributed by atoms with Crippen LogP contribution in [0.2, 0.25) is 5.28 Å². The van der Waals surface area contributed by atoms with Gasteiger partial charge in [-0.25, -0.2) is 4.98 Å². The number of carbonyl (C=O) groups is 1. The van der Waals surface area contributed by atoms with Gasteiger partial charge in [-0.3, -0.25) is 4.79 Å². The number of aromatic nitrogens is 3. The van der Waals surface area contributed by atoms with E-state index in [-0.39, 0.29) is 5.91 Å². The first-order chi connectivity index (χ1) is 13.8. The maximum Gasteiger partial charge on any atom is 0.253 e. The van der Waals surface area contributed by atoms with E-state index in [9.17, 15) is 4.79 Å². The largest absolute Gasteiger partial charge is 0.376 e. The lowest BCUT2D eigenvalue weighted by Gasteiger charge is -2.18. The number of benzene rings is 1. The molecular weight excluding hydrogens is 388 g/mol. The summed E-state index contributed by atoms with van der Waals surface area (Å²) >= 11 is 6.09. The molecule has 1 aromatic carbocycles. The number of amides is 1. The van der Waals surface area contributed by atoms with Gasteiger partial charge in [0.05, 0.1) is 17.1 Å². The van der Waals surface area contributed by atoms with Crippen LogP contribution in [0.5, 0.6) is 0 Å². The number of hydrogen-bond acceptors (Lipinski definition) is 3. The second-order valence-corrected chi connectivity index (χ2v) is 8.28. The van der Waals surface area contributed by atoms with Crippen molar-refractivity contribution in [2.24, 2.45) is 7.05 Å². The molecule has 0 spiro atoms. The first-order valence-electron chi connectivity index (χ1n) is 10.00. The van der Waals surface area contributed by atoms with E-state index in [4.69, 9.17) is 16.3 Å². The van der Waals surface area contributed by atoms with Gasteiger partial charge in [0, 0.05) is 50.7 Å². The van der Waals surface area contributed by atoms with Crippen molar-refractivity contribution in [3.8, 4) is 0 Å². The molecule has 3 aromatic rings. The molecule has 7 heteroatoms. The molecule has 0 radical (unpaired) electrons. The summed E-state index contributed by atoms with van der Waals surface area (Å²) in [5.41, 5.74) is 5.82. The van der Waals surface area contributed by atoms with Crippen molar-refractivity contribution in [3.63, 3.8) is 0 Å². The second kappa shape index (κ2) is 7.84. The molecule has 4 rings (SSSR count). The Labute approximate surface area is 176 Å². The Bertz CT molecular complexity index is 1060. The summed E-state index contributed by atoms with van der Waals surface area (Å²) in [6.07, 6.45) is 2.55. The average Bonchev–Trinajstić information content (AvgIpc) is 3.38. The van der Waals surface area contributed by atoms with E-state index in [1.807, 2.05) is 26.2 Å². The SMILES string of the molecule is Cc1cc(CN(C)C(=O)c2ccc3c(c2)nc(Cl)n3C)c(C)n1C[C@@H]1CCCO1. The van der Waals surface area contributed by atoms with Gasteiger partial charge in [0.15, 0.2) is 0 Å². The Morgan fingerprint density at radius 3 is 2.86 bits per heavy atom. The highest BCUT2D eigenvalue weighted by atomic mass is 35.5. The number of fused-ring (bicyclic) bond motifs is 1. The number of halogens is 1. The van der Waals surface area contributed by atoms with Crippen molar-refractivity contribution in [1.29, 1.82) is 0 Å². The maximum atomic E-state index is 13.0. The van der Waals surface area contributed by atoms with Gasteiger partial charge in [0.1, 0.15) is 0 Å². The van der Waals surface area contributed by atoms with Crippen molar-refractivity contribution in [2.45, 2.75) is 45.9 Å². The zero-order valence-corrected chi connectivity index (χ0v) is 18.2. The highest BCUT2D eigenvalue weighted by molar-refractivity contribution is 6.29. The first kappa shape index (κ1) is 20.0. The zero-order chi connectivity index (χ0) is 20.7. The van der Waals surface area contributed by atoms with E-state index < -0.39 is 0 Å². The number of ether oxygens (including phenoxy) is 1. The topological polar surface area (TPSA) is 52.3 Å². The molecule has 0 N–H and O–H groups in total. The van der Waals surface area contributed by atoms with Gasteiger partial charge >= 0.3 is 0 Å². The van der Waals surface area contributed by atoms with Crippen LogP contribution < -0.4 is 0 Å². The third-order valence-electron chi connectivity index (χ3n) is 5.92. The summed E-state index contributed by atoms with van der Waals surface area (Å²) in [6, 6.07) is 7.71. The van der Waals surface area contributed by atoms with E-state index in [0.29, 0.717) is 23.5 Å². The zero-order valence-electron chi connectivity index (χ0n) is 17.4. The Balaban J connectivity index is 1.51. The number of aryl methyl sites for hydroxylation is 2. The molecule has 1 aliphatic heterocycles. The lowest BCUT2D eigenvalue weighted by molar-refractivity contribution is 0.0784.